The number of aliphatic carboxylic acids is 1. The summed E-state index contributed by atoms with van der Waals surface area (Å²) in [5.41, 5.74) is 0. The molecular formula is C16H7F4O5S-. The van der Waals surface area contributed by atoms with Crippen LogP contribution in [0, 0.1) is 0 Å². The van der Waals surface area contributed by atoms with E-state index in [4.69, 9.17) is 4.74 Å². The number of fused-ring (bicyclic) bond motifs is 2. The van der Waals surface area contributed by atoms with Crippen LogP contribution in [0.1, 0.15) is 0 Å². The maximum absolute atomic E-state index is 13.4. The predicted octanol–water partition coefficient (Wildman–Crippen LogP) is 2.87. The Kier molecular flexibility index (Phi) is 4.31. The third kappa shape index (κ3) is 2.96. The fraction of sp³-hybridized carbons (Fsp3) is 0.125. The molecular weight excluding hydrogens is 380 g/mol. The number of benzene rings is 2. The van der Waals surface area contributed by atoms with Gasteiger partial charge in [0.1, 0.15) is 23.2 Å². The molecule has 0 radical (unpaired) electrons. The lowest BCUT2D eigenvalue weighted by molar-refractivity contribution is -0.346. The SMILES string of the molecule is O=C([O-])C(F)(F)C(F)(F)C(=O)Oc1ccc2c(c1)Oc1ccccc1S2. The Hall–Kier alpha value is -2.75. The molecule has 0 saturated heterocycles. The van der Waals surface area contributed by atoms with Gasteiger partial charge in [0.05, 0.1) is 9.79 Å². The van der Waals surface area contributed by atoms with Gasteiger partial charge in [-0.1, -0.05) is 23.9 Å². The van der Waals surface area contributed by atoms with Crippen LogP contribution in [-0.2, 0) is 9.59 Å². The first-order valence-electron chi connectivity index (χ1n) is 6.91. The number of carboxylic acid groups (broad SMARTS) is 1. The molecule has 26 heavy (non-hydrogen) atoms. The minimum atomic E-state index is -5.72. The van der Waals surface area contributed by atoms with Gasteiger partial charge in [-0.25, -0.2) is 4.79 Å². The Bertz CT molecular complexity index is 900. The quantitative estimate of drug-likeness (QED) is 0.389. The molecule has 5 nitrogen and oxygen atoms in total. The number of ether oxygens (including phenoxy) is 2. The highest BCUT2D eigenvalue weighted by Gasteiger charge is 2.64. The molecule has 1 aliphatic rings. The zero-order valence-electron chi connectivity index (χ0n) is 12.5. The molecule has 0 spiro atoms. The molecule has 10 heteroatoms. The van der Waals surface area contributed by atoms with Gasteiger partial charge >= 0.3 is 17.8 Å². The topological polar surface area (TPSA) is 75.7 Å². The zero-order valence-corrected chi connectivity index (χ0v) is 13.3. The van der Waals surface area contributed by atoms with Crippen molar-refractivity contribution in [3.05, 3.63) is 42.5 Å². The van der Waals surface area contributed by atoms with Gasteiger partial charge in [0.25, 0.3) is 0 Å². The average molecular weight is 387 g/mol. The van der Waals surface area contributed by atoms with Crippen LogP contribution in [0.15, 0.2) is 52.3 Å². The highest BCUT2D eigenvalue weighted by atomic mass is 32.2. The summed E-state index contributed by atoms with van der Waals surface area (Å²) >= 11 is 1.30. The molecule has 3 rings (SSSR count). The van der Waals surface area contributed by atoms with Crippen molar-refractivity contribution < 1.29 is 41.7 Å². The van der Waals surface area contributed by atoms with E-state index in [1.165, 1.54) is 17.8 Å². The first-order chi connectivity index (χ1) is 12.1. The molecule has 1 aliphatic heterocycles. The number of hydrogen-bond donors (Lipinski definition) is 0. The summed E-state index contributed by atoms with van der Waals surface area (Å²) in [6, 6.07) is 10.5. The minimum absolute atomic E-state index is 0.161. The van der Waals surface area contributed by atoms with Crippen molar-refractivity contribution in [2.75, 3.05) is 0 Å². The number of alkyl halides is 4. The van der Waals surface area contributed by atoms with Gasteiger partial charge in [0.2, 0.25) is 0 Å². The third-order valence-corrected chi connectivity index (χ3v) is 4.44. The van der Waals surface area contributed by atoms with Crippen LogP contribution in [0.25, 0.3) is 0 Å². The van der Waals surface area contributed by atoms with Gasteiger partial charge in [-0.3, -0.25) is 0 Å². The predicted molar refractivity (Wildman–Crippen MR) is 77.6 cm³/mol. The number of carboxylic acids is 1. The average Bonchev–Trinajstić information content (AvgIpc) is 2.59. The van der Waals surface area contributed by atoms with Crippen molar-refractivity contribution in [2.24, 2.45) is 0 Å². The number of halogens is 4. The van der Waals surface area contributed by atoms with Crippen LogP contribution in [0.3, 0.4) is 0 Å². The van der Waals surface area contributed by atoms with Crippen molar-refractivity contribution >= 4 is 23.7 Å². The Morgan fingerprint density at radius 1 is 0.962 bits per heavy atom. The van der Waals surface area contributed by atoms with Gasteiger partial charge in [-0.05, 0) is 24.3 Å². The molecule has 0 unspecified atom stereocenters. The second-order valence-electron chi connectivity index (χ2n) is 5.09. The third-order valence-electron chi connectivity index (χ3n) is 3.32. The molecule has 136 valence electrons. The molecule has 0 amide bonds. The Labute approximate surface area is 147 Å². The van der Waals surface area contributed by atoms with Gasteiger partial charge in [-0.15, -0.1) is 0 Å². The van der Waals surface area contributed by atoms with E-state index in [1.54, 1.807) is 24.3 Å². The van der Waals surface area contributed by atoms with Crippen molar-refractivity contribution in [1.82, 2.24) is 0 Å². The van der Waals surface area contributed by atoms with Crippen LogP contribution in [0.5, 0.6) is 17.2 Å². The number of para-hydroxylation sites is 1. The standard InChI is InChI=1S/C16H8F4O5S/c17-15(18,13(21)22)16(19,20)14(23)24-8-5-6-12-10(7-8)25-9-3-1-2-4-11(9)26-12/h1-7H,(H,21,22)/p-1. The maximum atomic E-state index is 13.4. The largest absolute Gasteiger partial charge is 0.544 e. The molecule has 0 bridgehead atoms. The minimum Gasteiger partial charge on any atom is -0.544 e. The monoisotopic (exact) mass is 387 g/mol. The van der Waals surface area contributed by atoms with Crippen molar-refractivity contribution in [3.63, 3.8) is 0 Å². The molecule has 0 saturated carbocycles. The van der Waals surface area contributed by atoms with E-state index in [0.29, 0.717) is 10.6 Å². The summed E-state index contributed by atoms with van der Waals surface area (Å²) in [4.78, 5) is 22.9. The van der Waals surface area contributed by atoms with Gasteiger partial charge in [-0.2, -0.15) is 17.6 Å². The Morgan fingerprint density at radius 3 is 2.31 bits per heavy atom. The molecule has 0 aliphatic carbocycles. The number of hydrogen-bond acceptors (Lipinski definition) is 6. The van der Waals surface area contributed by atoms with Crippen molar-refractivity contribution in [1.29, 1.82) is 0 Å². The first-order valence-corrected chi connectivity index (χ1v) is 7.72. The Balaban J connectivity index is 1.82. The highest BCUT2D eigenvalue weighted by molar-refractivity contribution is 7.99. The summed E-state index contributed by atoms with van der Waals surface area (Å²) in [6.07, 6.45) is 0. The van der Waals surface area contributed by atoms with Crippen LogP contribution in [0.4, 0.5) is 17.6 Å². The summed E-state index contributed by atoms with van der Waals surface area (Å²) in [5, 5.41) is 10.2. The van der Waals surface area contributed by atoms with E-state index in [-0.39, 0.29) is 5.75 Å². The van der Waals surface area contributed by atoms with Gasteiger partial charge in [0.15, 0.2) is 0 Å². The van der Waals surface area contributed by atoms with Crippen LogP contribution < -0.4 is 14.6 Å². The first kappa shape index (κ1) is 18.1. The molecule has 2 aromatic carbocycles. The number of esters is 1. The zero-order chi connectivity index (χ0) is 19.1. The highest BCUT2D eigenvalue weighted by Crippen LogP contribution is 2.48. The lowest BCUT2D eigenvalue weighted by Gasteiger charge is -2.25. The lowest BCUT2D eigenvalue weighted by Crippen LogP contribution is -2.58. The second-order valence-corrected chi connectivity index (χ2v) is 6.17. The summed E-state index contributed by atoms with van der Waals surface area (Å²) < 4.78 is 62.5. The van der Waals surface area contributed by atoms with E-state index in [0.717, 1.165) is 17.0 Å². The summed E-state index contributed by atoms with van der Waals surface area (Å²) in [7, 11) is 0. The van der Waals surface area contributed by atoms with Crippen molar-refractivity contribution in [3.8, 4) is 17.2 Å². The number of carbonyl (C=O) groups excluding carboxylic acids is 2. The molecule has 0 fully saturated rings. The maximum Gasteiger partial charge on any atom is 0.410 e. The molecule has 0 atom stereocenters. The van der Waals surface area contributed by atoms with Crippen LogP contribution >= 0.6 is 11.8 Å². The summed E-state index contributed by atoms with van der Waals surface area (Å²) in [5.74, 6) is -17.3. The fourth-order valence-electron chi connectivity index (χ4n) is 2.00. The van der Waals surface area contributed by atoms with Gasteiger partial charge < -0.3 is 19.4 Å². The Morgan fingerprint density at radius 2 is 1.62 bits per heavy atom. The second kappa shape index (κ2) is 6.20. The van der Waals surface area contributed by atoms with Crippen LogP contribution in [0.2, 0.25) is 0 Å². The van der Waals surface area contributed by atoms with Crippen molar-refractivity contribution in [2.45, 2.75) is 21.6 Å². The molecule has 1 heterocycles. The van der Waals surface area contributed by atoms with E-state index >= 15 is 0 Å². The van der Waals surface area contributed by atoms with E-state index in [2.05, 4.69) is 4.74 Å². The van der Waals surface area contributed by atoms with E-state index in [1.807, 2.05) is 0 Å². The fourth-order valence-corrected chi connectivity index (χ4v) is 2.93. The van der Waals surface area contributed by atoms with Gasteiger partial charge in [0, 0.05) is 6.07 Å². The van der Waals surface area contributed by atoms with E-state index < -0.39 is 29.5 Å². The summed E-state index contributed by atoms with van der Waals surface area (Å²) in [6.45, 7) is 0. The number of carbonyl (C=O) groups is 2. The van der Waals surface area contributed by atoms with Crippen LogP contribution in [-0.4, -0.2) is 23.8 Å². The smallest absolute Gasteiger partial charge is 0.410 e. The number of rotatable bonds is 4. The van der Waals surface area contributed by atoms with E-state index in [9.17, 15) is 32.3 Å². The lowest BCUT2D eigenvalue weighted by atomic mass is 10.2. The normalized spacial score (nSPS) is 13.2. The molecule has 2 aromatic rings. The molecule has 0 aromatic heterocycles. The molecule has 0 N–H and O–H groups in total.